The summed E-state index contributed by atoms with van der Waals surface area (Å²) >= 11 is 0. The Hall–Kier alpha value is -1.10. The van der Waals surface area contributed by atoms with Crippen molar-refractivity contribution >= 4 is 11.8 Å². The van der Waals surface area contributed by atoms with E-state index in [0.717, 1.165) is 26.1 Å². The maximum atomic E-state index is 12.2. The van der Waals surface area contributed by atoms with Gasteiger partial charge in [0.15, 0.2) is 0 Å². The molecule has 110 valence electrons. The van der Waals surface area contributed by atoms with Crippen LogP contribution >= 0.6 is 0 Å². The highest BCUT2D eigenvalue weighted by molar-refractivity contribution is 5.83. The molecule has 1 unspecified atom stereocenters. The standard InChI is InChI=1S/C14H27N3O2/c1-12-6-5-7-17(10-12)14(19)11-16(13(2)18)9-8-15(3)4/h12H,5-11H2,1-4H3. The van der Waals surface area contributed by atoms with E-state index >= 15 is 0 Å². The van der Waals surface area contributed by atoms with E-state index in [-0.39, 0.29) is 18.4 Å². The van der Waals surface area contributed by atoms with Crippen molar-refractivity contribution in [2.45, 2.75) is 26.7 Å². The molecule has 19 heavy (non-hydrogen) atoms. The molecule has 0 bridgehead atoms. The van der Waals surface area contributed by atoms with Gasteiger partial charge in [0.1, 0.15) is 0 Å². The van der Waals surface area contributed by atoms with E-state index in [4.69, 9.17) is 0 Å². The van der Waals surface area contributed by atoms with Crippen molar-refractivity contribution < 1.29 is 9.59 Å². The van der Waals surface area contributed by atoms with Gasteiger partial charge < -0.3 is 14.7 Å². The first-order valence-electron chi connectivity index (χ1n) is 7.08. The van der Waals surface area contributed by atoms with Crippen molar-refractivity contribution in [3.63, 3.8) is 0 Å². The zero-order valence-corrected chi connectivity index (χ0v) is 12.7. The molecule has 0 spiro atoms. The van der Waals surface area contributed by atoms with Gasteiger partial charge in [-0.2, -0.15) is 0 Å². The van der Waals surface area contributed by atoms with Crippen LogP contribution in [0.2, 0.25) is 0 Å². The molecule has 2 amide bonds. The van der Waals surface area contributed by atoms with Crippen molar-refractivity contribution in [2.75, 3.05) is 46.8 Å². The summed E-state index contributed by atoms with van der Waals surface area (Å²) in [5.74, 6) is 0.631. The summed E-state index contributed by atoms with van der Waals surface area (Å²) in [5.41, 5.74) is 0. The van der Waals surface area contributed by atoms with E-state index in [0.29, 0.717) is 12.5 Å². The molecule has 1 rings (SSSR count). The molecule has 5 nitrogen and oxygen atoms in total. The number of carbonyl (C=O) groups is 2. The van der Waals surface area contributed by atoms with Gasteiger partial charge in [0.2, 0.25) is 11.8 Å². The number of carbonyl (C=O) groups excluding carboxylic acids is 2. The smallest absolute Gasteiger partial charge is 0.242 e. The van der Waals surface area contributed by atoms with Crippen molar-refractivity contribution in [3.8, 4) is 0 Å². The van der Waals surface area contributed by atoms with Crippen LogP contribution in [0.1, 0.15) is 26.7 Å². The van der Waals surface area contributed by atoms with Crippen molar-refractivity contribution in [1.82, 2.24) is 14.7 Å². The molecule has 1 aliphatic rings. The molecular weight excluding hydrogens is 242 g/mol. The van der Waals surface area contributed by atoms with E-state index in [1.807, 2.05) is 23.9 Å². The predicted octanol–water partition coefficient (Wildman–Crippen LogP) is 0.655. The molecule has 1 atom stereocenters. The van der Waals surface area contributed by atoms with Gasteiger partial charge in [0.25, 0.3) is 0 Å². The molecule has 1 heterocycles. The summed E-state index contributed by atoms with van der Waals surface area (Å²) < 4.78 is 0. The van der Waals surface area contributed by atoms with Gasteiger partial charge in [0, 0.05) is 33.1 Å². The molecule has 1 aliphatic heterocycles. The zero-order chi connectivity index (χ0) is 14.4. The van der Waals surface area contributed by atoms with Crippen molar-refractivity contribution in [1.29, 1.82) is 0 Å². The second-order valence-electron chi connectivity index (χ2n) is 5.83. The Bertz CT molecular complexity index is 318. The lowest BCUT2D eigenvalue weighted by Crippen LogP contribution is -2.47. The third-order valence-electron chi connectivity index (χ3n) is 3.60. The van der Waals surface area contributed by atoms with Gasteiger partial charge >= 0.3 is 0 Å². The lowest BCUT2D eigenvalue weighted by Gasteiger charge is -2.33. The number of likely N-dealkylation sites (tertiary alicyclic amines) is 1. The first kappa shape index (κ1) is 16.0. The third kappa shape index (κ3) is 5.59. The van der Waals surface area contributed by atoms with Gasteiger partial charge in [-0.3, -0.25) is 9.59 Å². The fourth-order valence-electron chi connectivity index (χ4n) is 2.35. The van der Waals surface area contributed by atoms with Crippen LogP contribution in [0.5, 0.6) is 0 Å². The van der Waals surface area contributed by atoms with E-state index in [9.17, 15) is 9.59 Å². The van der Waals surface area contributed by atoms with Crippen molar-refractivity contribution in [3.05, 3.63) is 0 Å². The average Bonchev–Trinajstić information content (AvgIpc) is 2.33. The molecule has 0 radical (unpaired) electrons. The molecule has 0 aromatic heterocycles. The number of amides is 2. The van der Waals surface area contributed by atoms with Crippen LogP contribution in [0.3, 0.4) is 0 Å². The maximum absolute atomic E-state index is 12.2. The van der Waals surface area contributed by atoms with Gasteiger partial charge in [-0.05, 0) is 32.9 Å². The molecule has 0 aliphatic carbocycles. The molecule has 0 N–H and O–H groups in total. The Morgan fingerprint density at radius 2 is 1.95 bits per heavy atom. The minimum Gasteiger partial charge on any atom is -0.341 e. The van der Waals surface area contributed by atoms with E-state index in [2.05, 4.69) is 6.92 Å². The van der Waals surface area contributed by atoms with Crippen LogP contribution in [0, 0.1) is 5.92 Å². The molecule has 1 saturated heterocycles. The van der Waals surface area contributed by atoms with Gasteiger partial charge in [0.05, 0.1) is 6.54 Å². The van der Waals surface area contributed by atoms with E-state index in [1.54, 1.807) is 4.90 Å². The first-order valence-corrected chi connectivity index (χ1v) is 7.08. The average molecular weight is 269 g/mol. The third-order valence-corrected chi connectivity index (χ3v) is 3.60. The fourth-order valence-corrected chi connectivity index (χ4v) is 2.35. The summed E-state index contributed by atoms with van der Waals surface area (Å²) in [5, 5.41) is 0. The van der Waals surface area contributed by atoms with Gasteiger partial charge in [-0.15, -0.1) is 0 Å². The lowest BCUT2D eigenvalue weighted by atomic mass is 10.0. The highest BCUT2D eigenvalue weighted by Crippen LogP contribution is 2.15. The molecule has 0 saturated carbocycles. The van der Waals surface area contributed by atoms with Crippen LogP contribution in [-0.4, -0.2) is 73.3 Å². The minimum absolute atomic E-state index is 0.0275. The summed E-state index contributed by atoms with van der Waals surface area (Å²) in [6, 6.07) is 0. The monoisotopic (exact) mass is 269 g/mol. The summed E-state index contributed by atoms with van der Waals surface area (Å²) in [7, 11) is 3.93. The van der Waals surface area contributed by atoms with Gasteiger partial charge in [-0.1, -0.05) is 6.92 Å². The highest BCUT2D eigenvalue weighted by atomic mass is 16.2. The van der Waals surface area contributed by atoms with Crippen LogP contribution in [0.4, 0.5) is 0 Å². The summed E-state index contributed by atoms with van der Waals surface area (Å²) in [6.07, 6.45) is 2.27. The second kappa shape index (κ2) is 7.48. The molecule has 5 heteroatoms. The van der Waals surface area contributed by atoms with Crippen LogP contribution < -0.4 is 0 Å². The van der Waals surface area contributed by atoms with Crippen LogP contribution in [0.15, 0.2) is 0 Å². The maximum Gasteiger partial charge on any atom is 0.242 e. The largest absolute Gasteiger partial charge is 0.341 e. The summed E-state index contributed by atoms with van der Waals surface area (Å²) in [4.78, 5) is 29.4. The Kier molecular flexibility index (Phi) is 6.28. The number of piperidine rings is 1. The topological polar surface area (TPSA) is 43.9 Å². The molecule has 0 aromatic rings. The molecule has 1 fully saturated rings. The Labute approximate surface area is 116 Å². The summed E-state index contributed by atoms with van der Waals surface area (Å²) in [6.45, 7) is 6.98. The zero-order valence-electron chi connectivity index (χ0n) is 12.7. The van der Waals surface area contributed by atoms with Crippen LogP contribution in [-0.2, 0) is 9.59 Å². The van der Waals surface area contributed by atoms with Gasteiger partial charge in [-0.25, -0.2) is 0 Å². The molecule has 0 aromatic carbocycles. The number of likely N-dealkylation sites (N-methyl/N-ethyl adjacent to an activating group) is 1. The number of rotatable bonds is 5. The fraction of sp³-hybridized carbons (Fsp3) is 0.857. The number of hydrogen-bond acceptors (Lipinski definition) is 3. The predicted molar refractivity (Wildman–Crippen MR) is 75.8 cm³/mol. The van der Waals surface area contributed by atoms with Crippen molar-refractivity contribution in [2.24, 2.45) is 5.92 Å². The van der Waals surface area contributed by atoms with Crippen LogP contribution in [0.25, 0.3) is 0 Å². The second-order valence-corrected chi connectivity index (χ2v) is 5.83. The Morgan fingerprint density at radius 1 is 1.26 bits per heavy atom. The molecular formula is C14H27N3O2. The number of nitrogens with zero attached hydrogens (tertiary/aromatic N) is 3. The highest BCUT2D eigenvalue weighted by Gasteiger charge is 2.23. The van der Waals surface area contributed by atoms with E-state index in [1.165, 1.54) is 13.3 Å². The Morgan fingerprint density at radius 3 is 2.47 bits per heavy atom. The Balaban J connectivity index is 2.48. The first-order chi connectivity index (χ1) is 8.90. The normalized spacial score (nSPS) is 19.6. The lowest BCUT2D eigenvalue weighted by molar-refractivity contribution is -0.140. The SMILES string of the molecule is CC(=O)N(CCN(C)C)CC(=O)N1CCCC(C)C1. The quantitative estimate of drug-likeness (QED) is 0.736. The minimum atomic E-state index is -0.0275. The van der Waals surface area contributed by atoms with E-state index < -0.39 is 0 Å². The number of hydrogen-bond donors (Lipinski definition) is 0.